The van der Waals surface area contributed by atoms with Gasteiger partial charge in [0.05, 0.1) is 39.8 Å². The third kappa shape index (κ3) is 3.58. The minimum absolute atomic E-state index is 0.0226. The third-order valence-corrected chi connectivity index (χ3v) is 5.31. The molecule has 0 saturated heterocycles. The van der Waals surface area contributed by atoms with E-state index in [0.29, 0.717) is 21.5 Å². The highest BCUT2D eigenvalue weighted by Gasteiger charge is 2.14. The van der Waals surface area contributed by atoms with Gasteiger partial charge in [-0.25, -0.2) is 13.4 Å². The summed E-state index contributed by atoms with van der Waals surface area (Å²) in [6, 6.07) is 10.9. The van der Waals surface area contributed by atoms with Gasteiger partial charge in [0.15, 0.2) is 9.84 Å². The molecule has 3 aromatic rings. The summed E-state index contributed by atoms with van der Waals surface area (Å²) in [6.07, 6.45) is 1.48. The summed E-state index contributed by atoms with van der Waals surface area (Å²) >= 11 is 6.08. The first kappa shape index (κ1) is 17.6. The molecule has 0 radical (unpaired) electrons. The lowest BCUT2D eigenvalue weighted by Crippen LogP contribution is -2.24. The van der Waals surface area contributed by atoms with E-state index in [1.165, 1.54) is 35.2 Å². The van der Waals surface area contributed by atoms with Crippen molar-refractivity contribution in [2.45, 2.75) is 17.5 Å². The summed E-state index contributed by atoms with van der Waals surface area (Å²) in [6.45, 7) is -0.0226. The van der Waals surface area contributed by atoms with Crippen LogP contribution in [0.15, 0.2) is 58.5 Å². The van der Waals surface area contributed by atoms with Gasteiger partial charge in [-0.05, 0) is 29.8 Å². The monoisotopic (exact) mass is 378 g/mol. The number of hydrogen-bond donors (Lipinski definition) is 1. The molecule has 0 bridgehead atoms. The van der Waals surface area contributed by atoms with Crippen molar-refractivity contribution < 1.29 is 13.5 Å². The number of rotatable bonds is 4. The van der Waals surface area contributed by atoms with Crippen LogP contribution in [0.4, 0.5) is 0 Å². The fourth-order valence-corrected chi connectivity index (χ4v) is 3.40. The van der Waals surface area contributed by atoms with E-state index in [4.69, 9.17) is 11.6 Å². The van der Waals surface area contributed by atoms with E-state index in [1.807, 2.05) is 0 Å². The van der Waals surface area contributed by atoms with E-state index < -0.39 is 15.9 Å². The Kier molecular flexibility index (Phi) is 4.64. The number of aliphatic hydroxyl groups excluding tert-OH is 1. The number of hydrogen-bond acceptors (Lipinski definition) is 5. The maximum atomic E-state index is 12.5. The van der Waals surface area contributed by atoms with Crippen LogP contribution in [-0.2, 0) is 16.4 Å². The van der Waals surface area contributed by atoms with Gasteiger partial charge < -0.3 is 5.11 Å². The molecule has 2 aromatic carbocycles. The second-order valence-corrected chi connectivity index (χ2v) is 8.12. The maximum Gasteiger partial charge on any atom is 0.262 e. The quantitative estimate of drug-likeness (QED) is 0.751. The van der Waals surface area contributed by atoms with Crippen LogP contribution in [0.5, 0.6) is 0 Å². The molecule has 8 heteroatoms. The molecule has 25 heavy (non-hydrogen) atoms. The predicted molar refractivity (Wildman–Crippen MR) is 95.5 cm³/mol. The first-order valence-corrected chi connectivity index (χ1v) is 9.66. The van der Waals surface area contributed by atoms with Gasteiger partial charge in [-0.2, -0.15) is 0 Å². The number of halogens is 1. The van der Waals surface area contributed by atoms with Crippen LogP contribution < -0.4 is 5.56 Å². The van der Waals surface area contributed by atoms with Crippen molar-refractivity contribution in [3.8, 4) is 0 Å². The Balaban J connectivity index is 1.92. The number of aliphatic hydroxyl groups is 1. The van der Waals surface area contributed by atoms with Crippen LogP contribution in [-0.4, -0.2) is 29.3 Å². The van der Waals surface area contributed by atoms with Gasteiger partial charge in [0.25, 0.3) is 5.56 Å². The molecule has 3 rings (SSSR count). The SMILES string of the molecule is CS(=O)(=O)c1ccc(C(O)Cn2cnc3cccc(Cl)c3c2=O)cc1. The molecule has 0 aliphatic rings. The van der Waals surface area contributed by atoms with E-state index in [-0.39, 0.29) is 17.0 Å². The predicted octanol–water partition coefficient (Wildman–Crippen LogP) is 2.19. The largest absolute Gasteiger partial charge is 0.387 e. The van der Waals surface area contributed by atoms with Gasteiger partial charge in [-0.1, -0.05) is 29.8 Å². The first-order chi connectivity index (χ1) is 11.8. The Morgan fingerprint density at radius 3 is 2.52 bits per heavy atom. The van der Waals surface area contributed by atoms with E-state index in [2.05, 4.69) is 4.98 Å². The Hall–Kier alpha value is -2.22. The molecule has 0 amide bonds. The van der Waals surface area contributed by atoms with Crippen LogP contribution >= 0.6 is 11.6 Å². The second-order valence-electron chi connectivity index (χ2n) is 5.69. The van der Waals surface area contributed by atoms with Crippen molar-refractivity contribution in [1.82, 2.24) is 9.55 Å². The second kappa shape index (κ2) is 6.59. The lowest BCUT2D eigenvalue weighted by Gasteiger charge is -2.14. The summed E-state index contributed by atoms with van der Waals surface area (Å²) in [5, 5.41) is 11.0. The fraction of sp³-hybridized carbons (Fsp3) is 0.176. The molecule has 1 N–H and O–H groups in total. The zero-order chi connectivity index (χ0) is 18.2. The lowest BCUT2D eigenvalue weighted by atomic mass is 10.1. The molecular weight excluding hydrogens is 364 g/mol. The zero-order valence-electron chi connectivity index (χ0n) is 13.3. The van der Waals surface area contributed by atoms with E-state index in [9.17, 15) is 18.3 Å². The summed E-state index contributed by atoms with van der Waals surface area (Å²) in [5.41, 5.74) is 0.640. The minimum Gasteiger partial charge on any atom is -0.387 e. The van der Waals surface area contributed by atoms with Gasteiger partial charge in [0.2, 0.25) is 0 Å². The average molecular weight is 379 g/mol. The Labute approximate surface area is 149 Å². The van der Waals surface area contributed by atoms with Gasteiger partial charge in [0.1, 0.15) is 0 Å². The molecule has 1 aromatic heterocycles. The van der Waals surface area contributed by atoms with Crippen molar-refractivity contribution in [3.05, 3.63) is 69.7 Å². The smallest absolute Gasteiger partial charge is 0.262 e. The molecular formula is C17H15ClN2O4S. The van der Waals surface area contributed by atoms with Gasteiger partial charge in [-0.3, -0.25) is 9.36 Å². The van der Waals surface area contributed by atoms with Crippen molar-refractivity contribution >= 4 is 32.3 Å². The molecule has 0 fully saturated rings. The average Bonchev–Trinajstić information content (AvgIpc) is 2.56. The van der Waals surface area contributed by atoms with Crippen LogP contribution in [0.1, 0.15) is 11.7 Å². The van der Waals surface area contributed by atoms with Gasteiger partial charge in [-0.15, -0.1) is 0 Å². The minimum atomic E-state index is -3.30. The van der Waals surface area contributed by atoms with E-state index in [0.717, 1.165) is 6.26 Å². The highest BCUT2D eigenvalue weighted by Crippen LogP contribution is 2.20. The Morgan fingerprint density at radius 1 is 1.20 bits per heavy atom. The van der Waals surface area contributed by atoms with Crippen molar-refractivity contribution in [3.63, 3.8) is 0 Å². The summed E-state index contributed by atoms with van der Waals surface area (Å²) in [5.74, 6) is 0. The molecule has 0 aliphatic carbocycles. The number of nitrogens with zero attached hydrogens (tertiary/aromatic N) is 2. The van der Waals surface area contributed by atoms with Crippen molar-refractivity contribution in [1.29, 1.82) is 0 Å². The van der Waals surface area contributed by atoms with E-state index >= 15 is 0 Å². The Bertz CT molecular complexity index is 1090. The molecule has 0 spiro atoms. The van der Waals surface area contributed by atoms with Crippen LogP contribution in [0.25, 0.3) is 10.9 Å². The first-order valence-electron chi connectivity index (χ1n) is 7.39. The number of benzene rings is 2. The number of fused-ring (bicyclic) bond motifs is 1. The third-order valence-electron chi connectivity index (χ3n) is 3.87. The molecule has 1 unspecified atom stereocenters. The lowest BCUT2D eigenvalue weighted by molar-refractivity contribution is 0.155. The fourth-order valence-electron chi connectivity index (χ4n) is 2.52. The molecule has 0 aliphatic heterocycles. The van der Waals surface area contributed by atoms with E-state index in [1.54, 1.807) is 18.2 Å². The van der Waals surface area contributed by atoms with Crippen LogP contribution in [0.3, 0.4) is 0 Å². The topological polar surface area (TPSA) is 89.3 Å². The molecule has 130 valence electrons. The zero-order valence-corrected chi connectivity index (χ0v) is 14.8. The summed E-state index contributed by atoms with van der Waals surface area (Å²) in [4.78, 5) is 16.9. The Morgan fingerprint density at radius 2 is 1.88 bits per heavy atom. The molecule has 1 heterocycles. The normalized spacial score (nSPS) is 13.1. The molecule has 6 nitrogen and oxygen atoms in total. The van der Waals surface area contributed by atoms with Crippen molar-refractivity contribution in [2.75, 3.05) is 6.26 Å². The van der Waals surface area contributed by atoms with Gasteiger partial charge in [0, 0.05) is 6.26 Å². The number of sulfone groups is 1. The standard InChI is InChI=1S/C17H15ClN2O4S/c1-25(23,24)12-7-5-11(6-8-12)15(21)9-20-10-19-14-4-2-3-13(18)16(14)17(20)22/h2-8,10,15,21H,9H2,1H3. The molecule has 0 saturated carbocycles. The maximum absolute atomic E-state index is 12.5. The van der Waals surface area contributed by atoms with Crippen molar-refractivity contribution in [2.24, 2.45) is 0 Å². The van der Waals surface area contributed by atoms with Gasteiger partial charge >= 0.3 is 0 Å². The van der Waals surface area contributed by atoms with Crippen LogP contribution in [0.2, 0.25) is 5.02 Å². The highest BCUT2D eigenvalue weighted by molar-refractivity contribution is 7.90. The number of aromatic nitrogens is 2. The van der Waals surface area contributed by atoms with Crippen LogP contribution in [0, 0.1) is 0 Å². The summed E-state index contributed by atoms with van der Waals surface area (Å²) < 4.78 is 24.2. The molecule has 1 atom stereocenters. The summed E-state index contributed by atoms with van der Waals surface area (Å²) in [7, 11) is -3.30. The highest BCUT2D eigenvalue weighted by atomic mass is 35.5.